The van der Waals surface area contributed by atoms with Crippen molar-refractivity contribution in [3.63, 3.8) is 0 Å². The van der Waals surface area contributed by atoms with Gasteiger partial charge >= 0.3 is 0 Å². The van der Waals surface area contributed by atoms with Gasteiger partial charge in [-0.3, -0.25) is 9.36 Å². The fourth-order valence-electron chi connectivity index (χ4n) is 3.00. The number of nitrogens with zero attached hydrogens (tertiary/aromatic N) is 2. The number of hydrogen-bond acceptors (Lipinski definition) is 3. The lowest BCUT2D eigenvalue weighted by Crippen LogP contribution is -2.20. The molecule has 4 aromatic rings. The van der Waals surface area contributed by atoms with E-state index in [1.165, 1.54) is 16.9 Å². The summed E-state index contributed by atoms with van der Waals surface area (Å²) in [5, 5.41) is 2.72. The first-order valence-corrected chi connectivity index (χ1v) is 10.1. The van der Waals surface area contributed by atoms with Crippen LogP contribution in [0.15, 0.2) is 69.5 Å². The highest BCUT2D eigenvalue weighted by molar-refractivity contribution is 9.10. The van der Waals surface area contributed by atoms with Gasteiger partial charge in [0.25, 0.3) is 5.56 Å². The highest BCUT2D eigenvalue weighted by atomic mass is 79.9. The van der Waals surface area contributed by atoms with E-state index in [2.05, 4.69) is 52.1 Å². The predicted molar refractivity (Wildman–Crippen MR) is 112 cm³/mol. The Balaban J connectivity index is 1.77. The standard InChI is InChI=1S/C21H17BrN2OS/c1-2-14-3-5-15(6-4-14)11-24-13-23-20-19(21(24)25)18(12-26-20)16-7-9-17(22)10-8-16/h3-10,12-13H,2,11H2,1H3. The molecule has 0 atom stereocenters. The van der Waals surface area contributed by atoms with E-state index in [-0.39, 0.29) is 5.56 Å². The average Bonchev–Trinajstić information content (AvgIpc) is 3.10. The first-order valence-electron chi connectivity index (χ1n) is 8.46. The van der Waals surface area contributed by atoms with Crippen LogP contribution in [0.1, 0.15) is 18.1 Å². The zero-order valence-corrected chi connectivity index (χ0v) is 16.7. The van der Waals surface area contributed by atoms with Gasteiger partial charge in [-0.25, -0.2) is 4.98 Å². The summed E-state index contributed by atoms with van der Waals surface area (Å²) in [6.45, 7) is 2.67. The van der Waals surface area contributed by atoms with E-state index in [9.17, 15) is 4.79 Å². The van der Waals surface area contributed by atoms with Gasteiger partial charge < -0.3 is 0 Å². The Morgan fingerprint density at radius 2 is 1.73 bits per heavy atom. The maximum absolute atomic E-state index is 13.1. The third-order valence-corrected chi connectivity index (χ3v) is 5.92. The summed E-state index contributed by atoms with van der Waals surface area (Å²) >= 11 is 4.97. The zero-order valence-electron chi connectivity index (χ0n) is 14.3. The summed E-state index contributed by atoms with van der Waals surface area (Å²) in [6, 6.07) is 16.4. The minimum absolute atomic E-state index is 0.00809. The molecule has 5 heteroatoms. The average molecular weight is 425 g/mol. The lowest BCUT2D eigenvalue weighted by molar-refractivity contribution is 0.749. The van der Waals surface area contributed by atoms with Crippen LogP contribution in [0.5, 0.6) is 0 Å². The van der Waals surface area contributed by atoms with Gasteiger partial charge in [-0.2, -0.15) is 0 Å². The number of fused-ring (bicyclic) bond motifs is 1. The summed E-state index contributed by atoms with van der Waals surface area (Å²) in [5.41, 5.74) is 4.39. The van der Waals surface area contributed by atoms with Crippen molar-refractivity contribution in [2.45, 2.75) is 19.9 Å². The van der Waals surface area contributed by atoms with Crippen molar-refractivity contribution in [2.24, 2.45) is 0 Å². The Morgan fingerprint density at radius 3 is 2.42 bits per heavy atom. The van der Waals surface area contributed by atoms with Crippen molar-refractivity contribution < 1.29 is 0 Å². The van der Waals surface area contributed by atoms with Crippen molar-refractivity contribution >= 4 is 37.5 Å². The van der Waals surface area contributed by atoms with Crippen molar-refractivity contribution in [1.29, 1.82) is 0 Å². The second-order valence-corrected chi connectivity index (χ2v) is 7.96. The molecule has 0 aliphatic heterocycles. The molecule has 4 rings (SSSR count). The summed E-state index contributed by atoms with van der Waals surface area (Å²) in [4.78, 5) is 18.4. The molecule has 0 N–H and O–H groups in total. The van der Waals surface area contributed by atoms with Crippen LogP contribution in [0.2, 0.25) is 0 Å². The molecule has 0 spiro atoms. The number of aryl methyl sites for hydroxylation is 1. The molecule has 0 unspecified atom stereocenters. The van der Waals surface area contributed by atoms with E-state index in [1.54, 1.807) is 10.9 Å². The Hall–Kier alpha value is -2.24. The molecule has 2 heterocycles. The number of aromatic nitrogens is 2. The highest BCUT2D eigenvalue weighted by Gasteiger charge is 2.13. The SMILES string of the molecule is CCc1ccc(Cn2cnc3scc(-c4ccc(Br)cc4)c3c2=O)cc1. The summed E-state index contributed by atoms with van der Waals surface area (Å²) < 4.78 is 2.71. The largest absolute Gasteiger partial charge is 0.294 e. The van der Waals surface area contributed by atoms with Gasteiger partial charge in [0.05, 0.1) is 18.3 Å². The smallest absolute Gasteiger partial charge is 0.263 e. The van der Waals surface area contributed by atoms with Crippen LogP contribution >= 0.6 is 27.3 Å². The summed E-state index contributed by atoms with van der Waals surface area (Å²) in [6.07, 6.45) is 2.67. The van der Waals surface area contributed by atoms with Gasteiger partial charge in [0.1, 0.15) is 4.83 Å². The van der Waals surface area contributed by atoms with Crippen LogP contribution < -0.4 is 5.56 Å². The monoisotopic (exact) mass is 424 g/mol. The lowest BCUT2D eigenvalue weighted by Gasteiger charge is -2.07. The number of thiophene rings is 1. The maximum Gasteiger partial charge on any atom is 0.263 e. The molecule has 130 valence electrons. The number of hydrogen-bond donors (Lipinski definition) is 0. The normalized spacial score (nSPS) is 11.2. The van der Waals surface area contributed by atoms with Crippen LogP contribution in [0.25, 0.3) is 21.3 Å². The van der Waals surface area contributed by atoms with Gasteiger partial charge in [0.15, 0.2) is 0 Å². The van der Waals surface area contributed by atoms with Gasteiger partial charge in [-0.05, 0) is 35.2 Å². The topological polar surface area (TPSA) is 34.9 Å². The lowest BCUT2D eigenvalue weighted by atomic mass is 10.1. The van der Waals surface area contributed by atoms with Crippen molar-refractivity contribution in [3.8, 4) is 11.1 Å². The summed E-state index contributed by atoms with van der Waals surface area (Å²) in [5.74, 6) is 0. The molecule has 2 aromatic heterocycles. The second-order valence-electron chi connectivity index (χ2n) is 6.18. The maximum atomic E-state index is 13.1. The van der Waals surface area contributed by atoms with E-state index >= 15 is 0 Å². The van der Waals surface area contributed by atoms with E-state index in [0.717, 1.165) is 32.4 Å². The van der Waals surface area contributed by atoms with E-state index < -0.39 is 0 Å². The van der Waals surface area contributed by atoms with E-state index in [4.69, 9.17) is 0 Å². The molecule has 0 bridgehead atoms. The van der Waals surface area contributed by atoms with Gasteiger partial charge in [-0.15, -0.1) is 11.3 Å². The number of benzene rings is 2. The van der Waals surface area contributed by atoms with Crippen LogP contribution in [0, 0.1) is 0 Å². The van der Waals surface area contributed by atoms with Crippen LogP contribution in [0.4, 0.5) is 0 Å². The summed E-state index contributed by atoms with van der Waals surface area (Å²) in [7, 11) is 0. The zero-order chi connectivity index (χ0) is 18.1. The van der Waals surface area contributed by atoms with E-state index in [0.29, 0.717) is 11.9 Å². The van der Waals surface area contributed by atoms with Gasteiger partial charge in [-0.1, -0.05) is 59.3 Å². The quantitative estimate of drug-likeness (QED) is 0.433. The fraction of sp³-hybridized carbons (Fsp3) is 0.143. The third kappa shape index (κ3) is 3.24. The molecule has 0 fully saturated rings. The van der Waals surface area contributed by atoms with Crippen molar-refractivity contribution in [1.82, 2.24) is 9.55 Å². The molecule has 0 aliphatic carbocycles. The molecule has 26 heavy (non-hydrogen) atoms. The predicted octanol–water partition coefficient (Wildman–Crippen LogP) is 5.50. The number of halogens is 1. The van der Waals surface area contributed by atoms with Gasteiger partial charge in [0, 0.05) is 15.4 Å². The van der Waals surface area contributed by atoms with Crippen LogP contribution in [-0.4, -0.2) is 9.55 Å². The first kappa shape index (κ1) is 17.2. The minimum atomic E-state index is 0.00809. The van der Waals surface area contributed by atoms with E-state index in [1.807, 2.05) is 29.6 Å². The molecule has 0 amide bonds. The molecule has 0 aliphatic rings. The fourth-order valence-corrected chi connectivity index (χ4v) is 4.17. The molecular formula is C21H17BrN2OS. The Labute approximate surface area is 164 Å². The van der Waals surface area contributed by atoms with Crippen LogP contribution in [0.3, 0.4) is 0 Å². The van der Waals surface area contributed by atoms with Gasteiger partial charge in [0.2, 0.25) is 0 Å². The first-order chi connectivity index (χ1) is 12.7. The van der Waals surface area contributed by atoms with Crippen molar-refractivity contribution in [2.75, 3.05) is 0 Å². The molecule has 2 aromatic carbocycles. The highest BCUT2D eigenvalue weighted by Crippen LogP contribution is 2.31. The van der Waals surface area contributed by atoms with Crippen molar-refractivity contribution in [3.05, 3.63) is 86.2 Å². The second kappa shape index (κ2) is 7.17. The molecule has 0 saturated carbocycles. The minimum Gasteiger partial charge on any atom is -0.294 e. The van der Waals surface area contributed by atoms with Crippen LogP contribution in [-0.2, 0) is 13.0 Å². The number of rotatable bonds is 4. The molecule has 0 saturated heterocycles. The third-order valence-electron chi connectivity index (χ3n) is 4.50. The molecule has 3 nitrogen and oxygen atoms in total. The Kier molecular flexibility index (Phi) is 4.74. The Bertz CT molecular complexity index is 1110. The molecule has 0 radical (unpaired) electrons. The Morgan fingerprint density at radius 1 is 1.04 bits per heavy atom. The molecular weight excluding hydrogens is 408 g/mol.